The molecule has 3 heteroatoms. The average Bonchev–Trinajstić information content (AvgIpc) is 1.38. The van der Waals surface area contributed by atoms with E-state index in [2.05, 4.69) is 15.6 Å². The molecular weight excluding hydrogens is 108 g/mol. The fraction of sp³-hybridized carbons (Fsp3) is 0. The Hall–Kier alpha value is 0.309. The molecule has 0 aliphatic heterocycles. The molecule has 0 aromatic carbocycles. The first-order valence-corrected chi connectivity index (χ1v) is 1.64. The van der Waals surface area contributed by atoms with Crippen molar-refractivity contribution < 1.29 is 15.6 Å². The Bertz CT molecular complexity index is 42.9. The van der Waals surface area contributed by atoms with Gasteiger partial charge in [0.25, 0.3) is 0 Å². The maximum absolute atomic E-state index is 4.92. The van der Waals surface area contributed by atoms with Crippen molar-refractivity contribution in [2.75, 3.05) is 0 Å². The van der Waals surface area contributed by atoms with Crippen molar-refractivity contribution in [1.82, 2.24) is 0 Å². The normalized spacial score (nSPS) is 7.60. The molecule has 0 aromatic heterocycles. The van der Waals surface area contributed by atoms with Crippen molar-refractivity contribution >= 4 is 4.54 Å². The molecule has 5 heavy (non-hydrogen) atoms. The van der Waals surface area contributed by atoms with E-state index in [1.54, 1.807) is 0 Å². The van der Waals surface area contributed by atoms with Crippen LogP contribution in [0.4, 0.5) is 0 Å². The molecule has 0 saturated carbocycles. The van der Waals surface area contributed by atoms with Gasteiger partial charge in [0.2, 0.25) is 0 Å². The van der Waals surface area contributed by atoms with Gasteiger partial charge >= 0.3 is 38.1 Å². The van der Waals surface area contributed by atoms with E-state index < -0.39 is 0 Å². The van der Waals surface area contributed by atoms with Crippen LogP contribution in [0.15, 0.2) is 0 Å². The summed E-state index contributed by atoms with van der Waals surface area (Å²) in [6, 6.07) is 0. The van der Waals surface area contributed by atoms with E-state index in [0.717, 1.165) is 0 Å². The van der Waals surface area contributed by atoms with Gasteiger partial charge in [-0.1, -0.05) is 0 Å². The molecule has 0 bridgehead atoms. The first kappa shape index (κ1) is 5.31. The van der Waals surface area contributed by atoms with E-state index in [9.17, 15) is 0 Å². The van der Waals surface area contributed by atoms with Gasteiger partial charge in [0, 0.05) is 0 Å². The van der Waals surface area contributed by atoms with Gasteiger partial charge in [0.1, 0.15) is 0 Å². The van der Waals surface area contributed by atoms with E-state index in [0.29, 0.717) is 4.54 Å². The molecule has 0 aromatic rings. The SMILES string of the molecule is N[CH-][C](N)=[Fe+]. The Kier molecular flexibility index (Phi) is 2.70. The zero-order valence-electron chi connectivity index (χ0n) is 2.59. The molecule has 0 saturated heterocycles. The van der Waals surface area contributed by atoms with Crippen LogP contribution in [0.5, 0.6) is 0 Å². The van der Waals surface area contributed by atoms with Crippen molar-refractivity contribution in [3.63, 3.8) is 0 Å². The van der Waals surface area contributed by atoms with Crippen LogP contribution in [0.2, 0.25) is 0 Å². The van der Waals surface area contributed by atoms with Gasteiger partial charge in [-0.15, -0.1) is 0 Å². The Labute approximate surface area is 38.9 Å². The van der Waals surface area contributed by atoms with Gasteiger partial charge in [-0.05, 0) is 0 Å². The third kappa shape index (κ3) is 4.31. The number of hydrogen-bond acceptors (Lipinski definition) is 2. The molecule has 0 unspecified atom stereocenters. The molecule has 0 radical (unpaired) electrons. The summed E-state index contributed by atoms with van der Waals surface area (Å²) in [4.78, 5) is 0. The van der Waals surface area contributed by atoms with E-state index >= 15 is 0 Å². The van der Waals surface area contributed by atoms with Gasteiger partial charge in [-0.25, -0.2) is 0 Å². The fourth-order valence-corrected chi connectivity index (χ4v) is 0. The van der Waals surface area contributed by atoms with Gasteiger partial charge < -0.3 is 0 Å². The summed E-state index contributed by atoms with van der Waals surface area (Å²) in [6.45, 7) is 1.25. The van der Waals surface area contributed by atoms with Gasteiger partial charge in [0.05, 0.1) is 0 Å². The summed E-state index contributed by atoms with van der Waals surface area (Å²) in [5, 5.41) is 0. The molecule has 2 nitrogen and oxygen atoms in total. The van der Waals surface area contributed by atoms with E-state index in [-0.39, 0.29) is 0 Å². The average molecular weight is 113 g/mol. The second-order valence-corrected chi connectivity index (χ2v) is 1.17. The van der Waals surface area contributed by atoms with Crippen LogP contribution < -0.4 is 11.5 Å². The van der Waals surface area contributed by atoms with Crippen LogP contribution in [-0.2, 0) is 15.6 Å². The summed E-state index contributed by atoms with van der Waals surface area (Å²) in [5.41, 5.74) is 9.74. The monoisotopic (exact) mass is 113 g/mol. The summed E-state index contributed by atoms with van der Waals surface area (Å²) >= 11 is 3.27. The Balaban J connectivity index is 2.85. The predicted octanol–water partition coefficient (Wildman–Crippen LogP) is -1.26. The van der Waals surface area contributed by atoms with Crippen LogP contribution in [0, 0.1) is 6.54 Å². The number of nitrogens with two attached hydrogens (primary N) is 2. The molecule has 0 heterocycles. The Morgan fingerprint density at radius 3 is 2.00 bits per heavy atom. The van der Waals surface area contributed by atoms with Crippen molar-refractivity contribution in [3.05, 3.63) is 6.54 Å². The van der Waals surface area contributed by atoms with Gasteiger partial charge in [-0.2, -0.15) is 0 Å². The van der Waals surface area contributed by atoms with E-state index in [1.165, 1.54) is 6.54 Å². The van der Waals surface area contributed by atoms with Crippen LogP contribution in [-0.4, -0.2) is 4.54 Å². The third-order valence-corrected chi connectivity index (χ3v) is 0.339. The molecule has 0 atom stereocenters. The van der Waals surface area contributed by atoms with Crippen molar-refractivity contribution in [2.45, 2.75) is 0 Å². The zero-order valence-corrected chi connectivity index (χ0v) is 3.69. The second kappa shape index (κ2) is 2.54. The van der Waals surface area contributed by atoms with Gasteiger partial charge in [0.15, 0.2) is 0 Å². The second-order valence-electron chi connectivity index (χ2n) is 0.537. The van der Waals surface area contributed by atoms with Crippen LogP contribution in [0.1, 0.15) is 0 Å². The molecule has 0 fully saturated rings. The Morgan fingerprint density at radius 2 is 2.00 bits per heavy atom. The van der Waals surface area contributed by atoms with Crippen molar-refractivity contribution in [2.24, 2.45) is 11.5 Å². The molecule has 0 rings (SSSR count). The summed E-state index contributed by atoms with van der Waals surface area (Å²) in [5.74, 6) is 0. The van der Waals surface area contributed by atoms with E-state index in [4.69, 9.17) is 11.5 Å². The predicted molar refractivity (Wildman–Crippen MR) is 17.7 cm³/mol. The molecule has 31 valence electrons. The standard InChI is InChI=1S/C2H5N2.Fe/c3-1-2-4;/h1H,3-4H2;/q-1;+1. The zero-order chi connectivity index (χ0) is 4.28. The molecule has 0 spiro atoms. The van der Waals surface area contributed by atoms with Crippen molar-refractivity contribution in [3.8, 4) is 0 Å². The fourth-order valence-electron chi connectivity index (χ4n) is 0. The molecule has 0 aliphatic carbocycles. The summed E-state index contributed by atoms with van der Waals surface area (Å²) < 4.78 is 0.407. The van der Waals surface area contributed by atoms with Crippen LogP contribution in [0.3, 0.4) is 0 Å². The molecular formula is C2H5FeN2. The minimum absolute atomic E-state index is 0.407. The van der Waals surface area contributed by atoms with Crippen molar-refractivity contribution in [1.29, 1.82) is 0 Å². The number of rotatable bonds is 1. The third-order valence-electron chi connectivity index (χ3n) is 0.155. The maximum atomic E-state index is 4.92. The first-order valence-electron chi connectivity index (χ1n) is 1.09. The van der Waals surface area contributed by atoms with Crippen LogP contribution >= 0.6 is 0 Å². The molecule has 0 aliphatic rings. The minimum atomic E-state index is 0.407. The quantitative estimate of drug-likeness (QED) is 0.329. The van der Waals surface area contributed by atoms with Gasteiger partial charge in [-0.3, -0.25) is 0 Å². The number of hydrogen-bond donors (Lipinski definition) is 2. The summed E-state index contributed by atoms with van der Waals surface area (Å²) in [6.07, 6.45) is 0. The topological polar surface area (TPSA) is 52.0 Å². The van der Waals surface area contributed by atoms with Crippen LogP contribution in [0.25, 0.3) is 0 Å². The van der Waals surface area contributed by atoms with E-state index in [1.807, 2.05) is 0 Å². The summed E-state index contributed by atoms with van der Waals surface area (Å²) in [7, 11) is 0. The molecule has 4 N–H and O–H groups in total. The molecule has 0 amide bonds. The first-order chi connectivity index (χ1) is 2.27. The Morgan fingerprint density at radius 1 is 1.80 bits per heavy atom.